The molecule has 0 atom stereocenters. The van der Waals surface area contributed by atoms with Crippen LogP contribution in [0.1, 0.15) is 35.1 Å². The average Bonchev–Trinajstić information content (AvgIpc) is 2.75. The third-order valence-corrected chi connectivity index (χ3v) is 5.05. The highest BCUT2D eigenvalue weighted by molar-refractivity contribution is 5.97. The molecule has 2 aromatic heterocycles. The number of benzene rings is 1. The fourth-order valence-electron chi connectivity index (χ4n) is 3.40. The molecule has 1 aromatic carbocycles. The highest BCUT2D eigenvalue weighted by atomic mass is 35.5. The van der Waals surface area contributed by atoms with Gasteiger partial charge in [0.2, 0.25) is 5.95 Å². The molecule has 0 bridgehead atoms. The number of hydrogen-bond acceptors (Lipinski definition) is 6. The van der Waals surface area contributed by atoms with Crippen LogP contribution in [0, 0.1) is 11.6 Å². The van der Waals surface area contributed by atoms with Gasteiger partial charge >= 0.3 is 0 Å². The van der Waals surface area contributed by atoms with Crippen LogP contribution in [0.25, 0.3) is 5.57 Å². The quantitative estimate of drug-likeness (QED) is 0.553. The summed E-state index contributed by atoms with van der Waals surface area (Å²) < 4.78 is 27.6. The maximum absolute atomic E-state index is 13.8. The minimum absolute atomic E-state index is 0. The van der Waals surface area contributed by atoms with Crippen molar-refractivity contribution in [3.63, 3.8) is 0 Å². The van der Waals surface area contributed by atoms with Gasteiger partial charge in [-0.3, -0.25) is 14.8 Å². The summed E-state index contributed by atoms with van der Waals surface area (Å²) >= 11 is 0. The Bertz CT molecular complexity index is 1090. The SMILES string of the molecule is CC1=C(c2cnc(CC(=O)c3c(F)cccc3F)cn2)CN(c2ncccn2)CC1.Cl. The molecule has 0 radical (unpaired) electrons. The highest BCUT2D eigenvalue weighted by Crippen LogP contribution is 2.26. The van der Waals surface area contributed by atoms with Gasteiger partial charge in [-0.1, -0.05) is 11.6 Å². The standard InChI is InChI=1S/C22H19F2N5O.ClH/c1-14-6-9-29(22-25-7-3-8-26-22)13-16(14)19-12-27-15(11-28-19)10-20(30)21-17(23)4-2-5-18(21)24;/h2-5,7-8,11-12H,6,9-10,13H2,1H3;1H. The zero-order valence-electron chi connectivity index (χ0n) is 16.8. The molecule has 160 valence electrons. The number of nitrogens with zero attached hydrogens (tertiary/aromatic N) is 5. The van der Waals surface area contributed by atoms with Crippen LogP contribution in [0.2, 0.25) is 0 Å². The summed E-state index contributed by atoms with van der Waals surface area (Å²) in [5.41, 5.74) is 2.73. The van der Waals surface area contributed by atoms with E-state index in [1.165, 1.54) is 17.8 Å². The van der Waals surface area contributed by atoms with Gasteiger partial charge in [-0.25, -0.2) is 18.7 Å². The van der Waals surface area contributed by atoms with Crippen LogP contribution < -0.4 is 4.90 Å². The zero-order valence-corrected chi connectivity index (χ0v) is 17.6. The van der Waals surface area contributed by atoms with Crippen LogP contribution in [0.15, 0.2) is 54.6 Å². The minimum atomic E-state index is -0.879. The number of aromatic nitrogens is 4. The van der Waals surface area contributed by atoms with Crippen molar-refractivity contribution in [2.45, 2.75) is 19.8 Å². The Morgan fingerprint density at radius 1 is 1.03 bits per heavy atom. The number of anilines is 1. The fourth-order valence-corrected chi connectivity index (χ4v) is 3.40. The van der Waals surface area contributed by atoms with Gasteiger partial charge in [-0.05, 0) is 37.1 Å². The second kappa shape index (κ2) is 9.70. The zero-order chi connectivity index (χ0) is 21.1. The van der Waals surface area contributed by atoms with Gasteiger partial charge < -0.3 is 4.90 Å². The van der Waals surface area contributed by atoms with Crippen LogP contribution >= 0.6 is 12.4 Å². The summed E-state index contributed by atoms with van der Waals surface area (Å²) in [4.78, 5) is 31.7. The predicted molar refractivity (Wildman–Crippen MR) is 115 cm³/mol. The fraction of sp³-hybridized carbons (Fsp3) is 0.227. The Morgan fingerprint density at radius 2 is 1.74 bits per heavy atom. The molecule has 3 heterocycles. The molecule has 1 aliphatic rings. The first-order valence-electron chi connectivity index (χ1n) is 9.52. The number of carbonyl (C=O) groups is 1. The predicted octanol–water partition coefficient (Wildman–Crippen LogP) is 4.08. The number of carbonyl (C=O) groups excluding carboxylic acids is 1. The first-order chi connectivity index (χ1) is 14.5. The van der Waals surface area contributed by atoms with E-state index in [2.05, 4.69) is 31.8 Å². The third-order valence-electron chi connectivity index (χ3n) is 5.05. The van der Waals surface area contributed by atoms with Crippen molar-refractivity contribution >= 4 is 29.7 Å². The van der Waals surface area contributed by atoms with Gasteiger partial charge in [0.15, 0.2) is 5.78 Å². The lowest BCUT2D eigenvalue weighted by molar-refractivity contribution is 0.0983. The van der Waals surface area contributed by atoms with E-state index in [1.54, 1.807) is 24.7 Å². The van der Waals surface area contributed by atoms with Crippen LogP contribution in [-0.2, 0) is 6.42 Å². The molecule has 0 spiro atoms. The Balaban J connectivity index is 0.00000272. The normalized spacial score (nSPS) is 13.7. The molecule has 0 N–H and O–H groups in total. The van der Waals surface area contributed by atoms with E-state index in [0.29, 0.717) is 23.9 Å². The Kier molecular flexibility index (Phi) is 7.02. The minimum Gasteiger partial charge on any atom is -0.336 e. The van der Waals surface area contributed by atoms with Crippen LogP contribution in [-0.4, -0.2) is 38.8 Å². The summed E-state index contributed by atoms with van der Waals surface area (Å²) in [6, 6.07) is 5.12. The van der Waals surface area contributed by atoms with Crippen molar-refractivity contribution in [3.05, 3.63) is 83.2 Å². The molecule has 0 saturated carbocycles. The van der Waals surface area contributed by atoms with Gasteiger partial charge in [0, 0.05) is 31.7 Å². The van der Waals surface area contributed by atoms with Gasteiger partial charge in [-0.15, -0.1) is 12.4 Å². The molecule has 0 fully saturated rings. The Labute approximate surface area is 184 Å². The average molecular weight is 444 g/mol. The number of hydrogen-bond donors (Lipinski definition) is 0. The number of ketones is 1. The molecule has 31 heavy (non-hydrogen) atoms. The van der Waals surface area contributed by atoms with Crippen molar-refractivity contribution < 1.29 is 13.6 Å². The van der Waals surface area contributed by atoms with E-state index in [9.17, 15) is 13.6 Å². The van der Waals surface area contributed by atoms with Crippen LogP contribution in [0.5, 0.6) is 0 Å². The van der Waals surface area contributed by atoms with E-state index in [1.807, 2.05) is 0 Å². The molecule has 0 amide bonds. The molecule has 0 saturated heterocycles. The van der Waals surface area contributed by atoms with Gasteiger partial charge in [0.05, 0.1) is 29.6 Å². The molecular formula is C22H20ClF2N5O. The molecule has 0 unspecified atom stereocenters. The lowest BCUT2D eigenvalue weighted by atomic mass is 9.99. The van der Waals surface area contributed by atoms with Crippen molar-refractivity contribution in [2.24, 2.45) is 0 Å². The maximum Gasteiger partial charge on any atom is 0.225 e. The first kappa shape index (κ1) is 22.4. The van der Waals surface area contributed by atoms with Crippen molar-refractivity contribution in [3.8, 4) is 0 Å². The summed E-state index contributed by atoms with van der Waals surface area (Å²) in [6.07, 6.45) is 7.10. The molecule has 3 aromatic rings. The monoisotopic (exact) mass is 443 g/mol. The van der Waals surface area contributed by atoms with Gasteiger partial charge in [-0.2, -0.15) is 0 Å². The second-order valence-corrected chi connectivity index (χ2v) is 7.07. The van der Waals surface area contributed by atoms with Gasteiger partial charge in [0.25, 0.3) is 0 Å². The molecule has 0 aliphatic carbocycles. The number of Topliss-reactive ketones (excluding diaryl/α,β-unsaturated/α-hetero) is 1. The topological polar surface area (TPSA) is 71.9 Å². The van der Waals surface area contributed by atoms with Crippen molar-refractivity contribution in [1.82, 2.24) is 19.9 Å². The van der Waals surface area contributed by atoms with E-state index in [-0.39, 0.29) is 18.8 Å². The van der Waals surface area contributed by atoms with Crippen molar-refractivity contribution in [1.29, 1.82) is 0 Å². The molecule has 4 rings (SSSR count). The molecule has 1 aliphatic heterocycles. The van der Waals surface area contributed by atoms with Crippen LogP contribution in [0.4, 0.5) is 14.7 Å². The first-order valence-corrected chi connectivity index (χ1v) is 9.52. The molecule has 9 heteroatoms. The van der Waals surface area contributed by atoms with Gasteiger partial charge in [0.1, 0.15) is 11.6 Å². The number of rotatable bonds is 5. The Hall–Kier alpha value is -3.26. The largest absolute Gasteiger partial charge is 0.336 e. The summed E-state index contributed by atoms with van der Waals surface area (Å²) in [7, 11) is 0. The lowest BCUT2D eigenvalue weighted by Crippen LogP contribution is -2.32. The summed E-state index contributed by atoms with van der Waals surface area (Å²) in [5, 5.41) is 0. The lowest BCUT2D eigenvalue weighted by Gasteiger charge is -2.29. The number of halogens is 3. The second-order valence-electron chi connectivity index (χ2n) is 7.07. The third kappa shape index (κ3) is 4.91. The smallest absolute Gasteiger partial charge is 0.225 e. The van der Waals surface area contributed by atoms with Crippen molar-refractivity contribution in [2.75, 3.05) is 18.0 Å². The Morgan fingerprint density at radius 3 is 2.39 bits per heavy atom. The van der Waals surface area contributed by atoms with Crippen LogP contribution in [0.3, 0.4) is 0 Å². The molecular weight excluding hydrogens is 424 g/mol. The van der Waals surface area contributed by atoms with E-state index in [0.717, 1.165) is 30.7 Å². The summed E-state index contributed by atoms with van der Waals surface area (Å²) in [6.45, 7) is 3.47. The molecule has 6 nitrogen and oxygen atoms in total. The summed E-state index contributed by atoms with van der Waals surface area (Å²) in [5.74, 6) is -1.77. The van der Waals surface area contributed by atoms with E-state index >= 15 is 0 Å². The van der Waals surface area contributed by atoms with E-state index in [4.69, 9.17) is 0 Å². The van der Waals surface area contributed by atoms with E-state index < -0.39 is 23.0 Å². The highest BCUT2D eigenvalue weighted by Gasteiger charge is 2.22. The maximum atomic E-state index is 13.8.